The molecule has 0 aromatic heterocycles. The molecule has 24 heavy (non-hydrogen) atoms. The van der Waals surface area contributed by atoms with Crippen LogP contribution in [0.1, 0.15) is 12.5 Å². The maximum absolute atomic E-state index is 10.4. The van der Waals surface area contributed by atoms with Crippen molar-refractivity contribution in [2.45, 2.75) is 43.8 Å². The number of phenolic OH excluding ortho intramolecular Hbond substituents is 1. The number of benzene rings is 1. The summed E-state index contributed by atoms with van der Waals surface area (Å²) < 4.78 is 0. The van der Waals surface area contributed by atoms with Gasteiger partial charge in [-0.15, -0.1) is 0 Å². The molecule has 0 saturated heterocycles. The van der Waals surface area contributed by atoms with Crippen molar-refractivity contribution in [3.8, 4) is 5.75 Å². The second-order valence-corrected chi connectivity index (χ2v) is 5.16. The molecule has 0 heterocycles. The molecule has 8 N–H and O–H groups in total. The van der Waals surface area contributed by atoms with Crippen molar-refractivity contribution in [1.82, 2.24) is 0 Å². The van der Waals surface area contributed by atoms with Gasteiger partial charge in [0.15, 0.2) is 6.29 Å². The number of hydrogen-bond donors (Lipinski definition) is 7. The van der Waals surface area contributed by atoms with E-state index in [0.29, 0.717) is 0 Å². The van der Waals surface area contributed by atoms with Crippen molar-refractivity contribution >= 4 is 12.3 Å². The first-order valence-electron chi connectivity index (χ1n) is 7.04. The number of hydrogen-bond acceptors (Lipinski definition) is 8. The average molecular weight is 345 g/mol. The van der Waals surface area contributed by atoms with E-state index < -0.39 is 36.4 Å². The zero-order valence-corrected chi connectivity index (χ0v) is 13.1. The number of aliphatic hydroxyl groups excluding tert-OH is 4. The van der Waals surface area contributed by atoms with Gasteiger partial charge in [0.1, 0.15) is 30.1 Å². The number of carbonyl (C=O) groups is 2. The number of carboxylic acid groups (broad SMARTS) is 1. The fourth-order valence-corrected chi connectivity index (χ4v) is 1.54. The Hall–Kier alpha value is -2.04. The van der Waals surface area contributed by atoms with Crippen LogP contribution in [0, 0.1) is 0 Å². The van der Waals surface area contributed by atoms with Crippen LogP contribution in [0.15, 0.2) is 24.3 Å². The molecule has 5 atom stereocenters. The molecule has 0 spiro atoms. The number of rotatable bonds is 7. The van der Waals surface area contributed by atoms with Crippen molar-refractivity contribution in [3.63, 3.8) is 0 Å². The normalized spacial score (nSPS) is 16.8. The van der Waals surface area contributed by atoms with Crippen molar-refractivity contribution in [1.29, 1.82) is 0 Å². The van der Waals surface area contributed by atoms with Crippen LogP contribution in [0.3, 0.4) is 0 Å². The molecule has 0 fully saturated rings. The number of carbonyl (C=O) groups excluding carboxylic acids is 1. The van der Waals surface area contributed by atoms with Gasteiger partial charge in [0.05, 0.1) is 6.10 Å². The van der Waals surface area contributed by atoms with E-state index >= 15 is 0 Å². The molecular weight excluding hydrogens is 322 g/mol. The summed E-state index contributed by atoms with van der Waals surface area (Å²) in [7, 11) is 0. The highest BCUT2D eigenvalue weighted by Gasteiger charge is 2.27. The first-order chi connectivity index (χ1) is 11.1. The minimum Gasteiger partial charge on any atom is -0.508 e. The highest BCUT2D eigenvalue weighted by atomic mass is 16.4. The first-order valence-corrected chi connectivity index (χ1v) is 7.04. The number of nitrogens with two attached hydrogens (primary N) is 1. The lowest BCUT2D eigenvalue weighted by Gasteiger charge is -2.21. The summed E-state index contributed by atoms with van der Waals surface area (Å²) in [5, 5.41) is 52.6. The van der Waals surface area contributed by atoms with Gasteiger partial charge in [-0.25, -0.2) is 0 Å². The molecule has 0 radical (unpaired) electrons. The van der Waals surface area contributed by atoms with E-state index in [2.05, 4.69) is 0 Å². The Morgan fingerprint density at radius 2 is 1.62 bits per heavy atom. The fourth-order valence-electron chi connectivity index (χ4n) is 1.54. The Balaban J connectivity index is 0.000000449. The summed E-state index contributed by atoms with van der Waals surface area (Å²) in [5.41, 5.74) is 6.12. The largest absolute Gasteiger partial charge is 0.508 e. The number of phenols is 1. The van der Waals surface area contributed by atoms with Gasteiger partial charge in [0.2, 0.25) is 0 Å². The van der Waals surface area contributed by atoms with Gasteiger partial charge in [0.25, 0.3) is 0 Å². The fraction of sp³-hybridized carbons (Fsp3) is 0.467. The lowest BCUT2D eigenvalue weighted by atomic mass is 10.1. The molecule has 9 nitrogen and oxygen atoms in total. The van der Waals surface area contributed by atoms with Crippen LogP contribution in [0.2, 0.25) is 0 Å². The standard InChI is InChI=1S/C9H11NO3.C6H12O5/c10-8(9(12)13)5-6-1-3-7(11)4-2-6;1-3(8)5(10)6(11)4(9)2-7/h1-4,8,11H,5,10H2,(H,12,13);2-6,8-11H,1H3/t8-;3-,4-,5-,6-/m00/s1. The average Bonchev–Trinajstić information content (AvgIpc) is 2.55. The maximum atomic E-state index is 10.4. The van der Waals surface area contributed by atoms with Gasteiger partial charge in [-0.3, -0.25) is 4.79 Å². The number of aliphatic carboxylic acids is 1. The summed E-state index contributed by atoms with van der Waals surface area (Å²) in [6.45, 7) is 1.24. The predicted octanol–water partition coefficient (Wildman–Crippen LogP) is -2.00. The van der Waals surface area contributed by atoms with Crippen LogP contribution in [-0.2, 0) is 16.0 Å². The minimum absolute atomic E-state index is 0.0935. The molecule has 1 aromatic carbocycles. The highest BCUT2D eigenvalue weighted by molar-refractivity contribution is 5.73. The Morgan fingerprint density at radius 1 is 1.12 bits per heavy atom. The van der Waals surface area contributed by atoms with Gasteiger partial charge in [0, 0.05) is 0 Å². The van der Waals surface area contributed by atoms with Crippen LogP contribution in [-0.4, -0.2) is 73.4 Å². The summed E-state index contributed by atoms with van der Waals surface area (Å²) in [5.74, 6) is -0.860. The van der Waals surface area contributed by atoms with Gasteiger partial charge in [-0.1, -0.05) is 12.1 Å². The summed E-state index contributed by atoms with van der Waals surface area (Å²) in [4.78, 5) is 20.3. The van der Waals surface area contributed by atoms with E-state index in [4.69, 9.17) is 36.4 Å². The molecule has 0 aliphatic heterocycles. The Labute approximate surface area is 138 Å². The van der Waals surface area contributed by atoms with E-state index in [-0.39, 0.29) is 18.5 Å². The third kappa shape index (κ3) is 7.99. The molecule has 1 rings (SSSR count). The molecule has 0 unspecified atom stereocenters. The van der Waals surface area contributed by atoms with Gasteiger partial charge < -0.3 is 41.2 Å². The predicted molar refractivity (Wildman–Crippen MR) is 83.2 cm³/mol. The third-order valence-electron chi connectivity index (χ3n) is 3.04. The third-order valence-corrected chi connectivity index (χ3v) is 3.04. The molecule has 0 amide bonds. The maximum Gasteiger partial charge on any atom is 0.320 e. The van der Waals surface area contributed by atoms with Crippen molar-refractivity contribution in [2.75, 3.05) is 0 Å². The minimum atomic E-state index is -1.65. The molecule has 1 aromatic rings. The van der Waals surface area contributed by atoms with Gasteiger partial charge in [-0.05, 0) is 31.0 Å². The smallest absolute Gasteiger partial charge is 0.320 e. The summed E-state index contributed by atoms with van der Waals surface area (Å²) in [6, 6.07) is 5.42. The molecule has 0 aliphatic carbocycles. The summed E-state index contributed by atoms with van der Waals surface area (Å²) >= 11 is 0. The molecule has 9 heteroatoms. The van der Waals surface area contributed by atoms with Crippen LogP contribution in [0.4, 0.5) is 0 Å². The van der Waals surface area contributed by atoms with Crippen LogP contribution in [0.25, 0.3) is 0 Å². The van der Waals surface area contributed by atoms with Gasteiger partial charge in [-0.2, -0.15) is 0 Å². The zero-order valence-electron chi connectivity index (χ0n) is 13.1. The van der Waals surface area contributed by atoms with Crippen LogP contribution in [0.5, 0.6) is 5.75 Å². The first kappa shape index (κ1) is 22.0. The SMILES string of the molecule is C[C@H](O)[C@H](O)[C@@H](O)[C@@H](O)C=O.N[C@@H](Cc1ccc(O)cc1)C(=O)O. The Morgan fingerprint density at radius 3 is 2.00 bits per heavy atom. The molecule has 0 aliphatic rings. The highest BCUT2D eigenvalue weighted by Crippen LogP contribution is 2.10. The van der Waals surface area contributed by atoms with Crippen LogP contribution < -0.4 is 5.73 Å². The quantitative estimate of drug-likeness (QED) is 0.275. The summed E-state index contributed by atoms with van der Waals surface area (Å²) in [6.07, 6.45) is -5.60. The van der Waals surface area contributed by atoms with Crippen LogP contribution >= 0.6 is 0 Å². The lowest BCUT2D eigenvalue weighted by molar-refractivity contribution is -0.138. The monoisotopic (exact) mass is 345 g/mol. The Kier molecular flexibility index (Phi) is 9.77. The lowest BCUT2D eigenvalue weighted by Crippen LogP contribution is -2.43. The number of aldehydes is 1. The molecule has 136 valence electrons. The second kappa shape index (κ2) is 10.7. The van der Waals surface area contributed by atoms with E-state index in [1.165, 1.54) is 19.1 Å². The topological polar surface area (TPSA) is 182 Å². The van der Waals surface area contributed by atoms with E-state index in [1.807, 2.05) is 0 Å². The molecule has 0 saturated carbocycles. The van der Waals surface area contributed by atoms with Crippen molar-refractivity contribution < 1.29 is 40.2 Å². The zero-order chi connectivity index (χ0) is 18.9. The van der Waals surface area contributed by atoms with Crippen molar-refractivity contribution in [2.24, 2.45) is 5.73 Å². The van der Waals surface area contributed by atoms with E-state index in [1.54, 1.807) is 12.1 Å². The number of carboxylic acids is 1. The van der Waals surface area contributed by atoms with Gasteiger partial charge >= 0.3 is 5.97 Å². The number of aromatic hydroxyl groups is 1. The van der Waals surface area contributed by atoms with E-state index in [9.17, 15) is 9.59 Å². The van der Waals surface area contributed by atoms with Crippen molar-refractivity contribution in [3.05, 3.63) is 29.8 Å². The Bertz CT molecular complexity index is 505. The molecule has 0 bridgehead atoms. The number of aliphatic hydroxyl groups is 4. The van der Waals surface area contributed by atoms with E-state index in [0.717, 1.165) is 5.56 Å². The second-order valence-electron chi connectivity index (χ2n) is 5.16. The molecular formula is C15H23NO8.